The number of nitrogens with one attached hydrogen (secondary N) is 2. The maximum Gasteiger partial charge on any atom is 0.309 e. The number of pyridine rings is 1. The van der Waals surface area contributed by atoms with Crippen LogP contribution in [0.4, 0.5) is 0 Å². The highest BCUT2D eigenvalue weighted by atomic mass is 16.5. The number of hydrogen-bond acceptors (Lipinski definition) is 5. The van der Waals surface area contributed by atoms with Crippen LogP contribution in [0.25, 0.3) is 0 Å². The number of aromatic nitrogens is 1. The van der Waals surface area contributed by atoms with Gasteiger partial charge in [-0.15, -0.1) is 0 Å². The maximum absolute atomic E-state index is 11.8. The Morgan fingerprint density at radius 2 is 1.62 bits per heavy atom. The van der Waals surface area contributed by atoms with Crippen molar-refractivity contribution < 1.29 is 19.1 Å². The van der Waals surface area contributed by atoms with Gasteiger partial charge in [-0.25, -0.2) is 0 Å². The summed E-state index contributed by atoms with van der Waals surface area (Å²) in [4.78, 5) is 27.8. The first kappa shape index (κ1) is 19.2. The number of amides is 2. The lowest BCUT2D eigenvalue weighted by molar-refractivity contribution is -0.139. The van der Waals surface area contributed by atoms with Crippen LogP contribution in [-0.2, 0) is 22.4 Å². The molecule has 2 rings (SSSR count). The highest BCUT2D eigenvalue weighted by molar-refractivity contribution is 6.35. The van der Waals surface area contributed by atoms with Gasteiger partial charge in [0.15, 0.2) is 11.5 Å². The van der Waals surface area contributed by atoms with Crippen LogP contribution in [0, 0.1) is 0 Å². The van der Waals surface area contributed by atoms with Crippen LogP contribution in [0.2, 0.25) is 0 Å². The third kappa shape index (κ3) is 5.77. The molecule has 2 N–H and O–H groups in total. The average Bonchev–Trinajstić information content (AvgIpc) is 2.68. The summed E-state index contributed by atoms with van der Waals surface area (Å²) in [6.07, 6.45) is 2.84. The zero-order chi connectivity index (χ0) is 18.8. The van der Waals surface area contributed by atoms with Crippen LogP contribution in [-0.4, -0.2) is 44.1 Å². The number of ether oxygens (including phenoxy) is 2. The van der Waals surface area contributed by atoms with Crippen LogP contribution in [0.3, 0.4) is 0 Å². The van der Waals surface area contributed by atoms with E-state index in [4.69, 9.17) is 9.47 Å². The second-order valence-electron chi connectivity index (χ2n) is 5.52. The van der Waals surface area contributed by atoms with Gasteiger partial charge in [0.2, 0.25) is 0 Å². The molecule has 7 nitrogen and oxygen atoms in total. The van der Waals surface area contributed by atoms with Gasteiger partial charge in [-0.05, 0) is 36.2 Å². The van der Waals surface area contributed by atoms with Crippen LogP contribution in [0.5, 0.6) is 11.5 Å². The zero-order valence-electron chi connectivity index (χ0n) is 15.0. The number of carbonyl (C=O) groups excluding carboxylic acids is 2. The normalized spacial score (nSPS) is 10.1. The lowest BCUT2D eigenvalue weighted by Crippen LogP contribution is -2.41. The minimum Gasteiger partial charge on any atom is -0.493 e. The predicted molar refractivity (Wildman–Crippen MR) is 97.2 cm³/mol. The molecule has 2 aromatic rings. The average molecular weight is 357 g/mol. The molecule has 0 fully saturated rings. The molecule has 1 heterocycles. The Morgan fingerprint density at radius 1 is 0.923 bits per heavy atom. The second kappa shape index (κ2) is 10.0. The summed E-state index contributed by atoms with van der Waals surface area (Å²) in [7, 11) is 3.14. The van der Waals surface area contributed by atoms with E-state index in [9.17, 15) is 9.59 Å². The van der Waals surface area contributed by atoms with Crippen LogP contribution < -0.4 is 20.1 Å². The van der Waals surface area contributed by atoms with Gasteiger partial charge >= 0.3 is 11.8 Å². The number of hydrogen-bond donors (Lipinski definition) is 2. The van der Waals surface area contributed by atoms with Crippen molar-refractivity contribution in [3.8, 4) is 11.5 Å². The standard InChI is InChI=1S/C19H23N3O4/c1-25-16-7-6-14(13-17(16)26-2)8-11-21-18(23)19(24)22-12-9-15-5-3-4-10-20-15/h3-7,10,13H,8-9,11-12H2,1-2H3,(H,21,23)(H,22,24). The van der Waals surface area contributed by atoms with Gasteiger partial charge in [0, 0.05) is 31.4 Å². The number of benzene rings is 1. The van der Waals surface area contributed by atoms with E-state index in [2.05, 4.69) is 15.6 Å². The van der Waals surface area contributed by atoms with E-state index in [1.54, 1.807) is 26.5 Å². The summed E-state index contributed by atoms with van der Waals surface area (Å²) < 4.78 is 10.4. The van der Waals surface area contributed by atoms with Gasteiger partial charge in [-0.3, -0.25) is 14.6 Å². The molecule has 0 atom stereocenters. The van der Waals surface area contributed by atoms with Gasteiger partial charge in [-0.1, -0.05) is 12.1 Å². The predicted octanol–water partition coefficient (Wildman–Crippen LogP) is 1.12. The molecule has 0 saturated heterocycles. The topological polar surface area (TPSA) is 89.5 Å². The summed E-state index contributed by atoms with van der Waals surface area (Å²) >= 11 is 0. The summed E-state index contributed by atoms with van der Waals surface area (Å²) in [5, 5.41) is 5.19. The molecule has 0 aliphatic rings. The smallest absolute Gasteiger partial charge is 0.309 e. The number of carbonyl (C=O) groups is 2. The maximum atomic E-state index is 11.8. The van der Waals surface area contributed by atoms with Crippen molar-refractivity contribution in [1.29, 1.82) is 0 Å². The van der Waals surface area contributed by atoms with E-state index in [0.29, 0.717) is 37.4 Å². The van der Waals surface area contributed by atoms with Crippen molar-refractivity contribution in [1.82, 2.24) is 15.6 Å². The molecule has 0 radical (unpaired) electrons. The Kier molecular flexibility index (Phi) is 7.42. The molecule has 0 spiro atoms. The fraction of sp³-hybridized carbons (Fsp3) is 0.316. The number of methoxy groups -OCH3 is 2. The van der Waals surface area contributed by atoms with Crippen molar-refractivity contribution in [3.63, 3.8) is 0 Å². The first-order valence-electron chi connectivity index (χ1n) is 8.31. The van der Waals surface area contributed by atoms with E-state index in [0.717, 1.165) is 11.3 Å². The summed E-state index contributed by atoms with van der Waals surface area (Å²) in [5.41, 5.74) is 1.83. The highest BCUT2D eigenvalue weighted by Crippen LogP contribution is 2.27. The Balaban J connectivity index is 1.71. The van der Waals surface area contributed by atoms with E-state index in [1.165, 1.54) is 0 Å². The van der Waals surface area contributed by atoms with E-state index in [1.807, 2.05) is 30.3 Å². The third-order valence-electron chi connectivity index (χ3n) is 3.75. The molecule has 26 heavy (non-hydrogen) atoms. The molecule has 1 aromatic carbocycles. The first-order valence-corrected chi connectivity index (χ1v) is 8.31. The van der Waals surface area contributed by atoms with Gasteiger partial charge in [0.05, 0.1) is 14.2 Å². The quantitative estimate of drug-likeness (QED) is 0.691. The fourth-order valence-corrected chi connectivity index (χ4v) is 2.37. The van der Waals surface area contributed by atoms with E-state index in [-0.39, 0.29) is 0 Å². The molecule has 0 unspecified atom stereocenters. The van der Waals surface area contributed by atoms with Crippen molar-refractivity contribution in [2.75, 3.05) is 27.3 Å². The molecule has 7 heteroatoms. The number of rotatable bonds is 8. The summed E-state index contributed by atoms with van der Waals surface area (Å²) in [6.45, 7) is 0.709. The first-order chi connectivity index (χ1) is 12.6. The minimum atomic E-state index is -0.647. The molecular formula is C19H23N3O4. The van der Waals surface area contributed by atoms with Crippen LogP contribution in [0.15, 0.2) is 42.6 Å². The molecule has 0 bridgehead atoms. The molecule has 2 amide bonds. The van der Waals surface area contributed by atoms with E-state index < -0.39 is 11.8 Å². The Morgan fingerprint density at radius 3 is 2.23 bits per heavy atom. The van der Waals surface area contributed by atoms with E-state index >= 15 is 0 Å². The lowest BCUT2D eigenvalue weighted by Gasteiger charge is -2.10. The Bertz CT molecular complexity index is 735. The molecule has 0 saturated carbocycles. The molecular weight excluding hydrogens is 334 g/mol. The fourth-order valence-electron chi connectivity index (χ4n) is 2.37. The largest absolute Gasteiger partial charge is 0.493 e. The Hall–Kier alpha value is -3.09. The van der Waals surface area contributed by atoms with Gasteiger partial charge in [-0.2, -0.15) is 0 Å². The second-order valence-corrected chi connectivity index (χ2v) is 5.52. The van der Waals surface area contributed by atoms with Gasteiger partial charge in [0.1, 0.15) is 0 Å². The zero-order valence-corrected chi connectivity index (χ0v) is 15.0. The van der Waals surface area contributed by atoms with Gasteiger partial charge in [0.25, 0.3) is 0 Å². The SMILES string of the molecule is COc1ccc(CCNC(=O)C(=O)NCCc2ccccn2)cc1OC. The summed E-state index contributed by atoms with van der Waals surface area (Å²) in [6, 6.07) is 11.1. The minimum absolute atomic E-state index is 0.349. The monoisotopic (exact) mass is 357 g/mol. The Labute approximate surface area is 152 Å². The number of nitrogens with zero attached hydrogens (tertiary/aromatic N) is 1. The van der Waals surface area contributed by atoms with Crippen molar-refractivity contribution in [2.45, 2.75) is 12.8 Å². The van der Waals surface area contributed by atoms with Crippen molar-refractivity contribution in [3.05, 3.63) is 53.9 Å². The summed E-state index contributed by atoms with van der Waals surface area (Å²) in [5.74, 6) is -0.0177. The molecule has 0 aliphatic carbocycles. The highest BCUT2D eigenvalue weighted by Gasteiger charge is 2.12. The van der Waals surface area contributed by atoms with Crippen LogP contribution in [0.1, 0.15) is 11.3 Å². The lowest BCUT2D eigenvalue weighted by atomic mass is 10.1. The van der Waals surface area contributed by atoms with Crippen LogP contribution >= 0.6 is 0 Å². The molecule has 0 aliphatic heterocycles. The van der Waals surface area contributed by atoms with Gasteiger partial charge < -0.3 is 20.1 Å². The van der Waals surface area contributed by atoms with Crippen molar-refractivity contribution in [2.24, 2.45) is 0 Å². The third-order valence-corrected chi connectivity index (χ3v) is 3.75. The molecule has 1 aromatic heterocycles. The van der Waals surface area contributed by atoms with Crippen molar-refractivity contribution >= 4 is 11.8 Å². The molecule has 138 valence electrons.